The van der Waals surface area contributed by atoms with E-state index < -0.39 is 10.0 Å². The van der Waals surface area contributed by atoms with E-state index in [2.05, 4.69) is 16.5 Å². The summed E-state index contributed by atoms with van der Waals surface area (Å²) in [4.78, 5) is 2.31. The maximum atomic E-state index is 11.9. The molecule has 1 saturated heterocycles. The lowest BCUT2D eigenvalue weighted by Crippen LogP contribution is -2.32. The molecular formula is C15H24N2O3S. The molecule has 0 saturated carbocycles. The third-order valence-electron chi connectivity index (χ3n) is 3.82. The fourth-order valence-corrected chi connectivity index (χ4v) is 3.43. The van der Waals surface area contributed by atoms with Crippen molar-refractivity contribution in [2.75, 3.05) is 42.2 Å². The van der Waals surface area contributed by atoms with Crippen LogP contribution in [0.25, 0.3) is 0 Å². The number of piperidine rings is 1. The second-order valence-electron chi connectivity index (χ2n) is 5.63. The van der Waals surface area contributed by atoms with Crippen molar-refractivity contribution in [1.82, 2.24) is 0 Å². The zero-order chi connectivity index (χ0) is 15.3. The van der Waals surface area contributed by atoms with E-state index in [1.165, 1.54) is 20.0 Å². The van der Waals surface area contributed by atoms with Crippen LogP contribution < -0.4 is 9.62 Å². The maximum absolute atomic E-state index is 11.9. The first-order valence-corrected chi connectivity index (χ1v) is 9.00. The standard InChI is InChI=1S/C15H24N2O3S/c1-13-6-8-17(9-7-13)15-5-3-4-14(12-15)16-21(18,19)11-10-20-2/h3-5,12-13,16H,6-11H2,1-2H3. The van der Waals surface area contributed by atoms with Crippen molar-refractivity contribution in [3.63, 3.8) is 0 Å². The Balaban J connectivity index is 2.04. The predicted molar refractivity (Wildman–Crippen MR) is 86.3 cm³/mol. The van der Waals surface area contributed by atoms with Crippen molar-refractivity contribution in [3.8, 4) is 0 Å². The average molecular weight is 312 g/mol. The van der Waals surface area contributed by atoms with Crippen LogP contribution in [-0.4, -0.2) is 41.0 Å². The minimum absolute atomic E-state index is 0.0328. The number of benzene rings is 1. The third kappa shape index (κ3) is 4.89. The highest BCUT2D eigenvalue weighted by Gasteiger charge is 2.17. The number of rotatable bonds is 6. The van der Waals surface area contributed by atoms with Crippen LogP contribution >= 0.6 is 0 Å². The number of nitrogens with zero attached hydrogens (tertiary/aromatic N) is 1. The van der Waals surface area contributed by atoms with Crippen molar-refractivity contribution < 1.29 is 13.2 Å². The summed E-state index contributed by atoms with van der Waals surface area (Å²) in [5, 5.41) is 0. The SMILES string of the molecule is COCCS(=O)(=O)Nc1cccc(N2CCC(C)CC2)c1. The van der Waals surface area contributed by atoms with E-state index in [0.717, 1.165) is 24.7 Å². The van der Waals surface area contributed by atoms with Gasteiger partial charge in [0.2, 0.25) is 10.0 Å². The van der Waals surface area contributed by atoms with Gasteiger partial charge in [0.15, 0.2) is 0 Å². The summed E-state index contributed by atoms with van der Waals surface area (Å²) in [6.07, 6.45) is 2.37. The van der Waals surface area contributed by atoms with E-state index in [4.69, 9.17) is 4.74 Å². The van der Waals surface area contributed by atoms with Gasteiger partial charge in [-0.1, -0.05) is 13.0 Å². The molecule has 118 valence electrons. The fraction of sp³-hybridized carbons (Fsp3) is 0.600. The second-order valence-corrected chi connectivity index (χ2v) is 7.48. The summed E-state index contributed by atoms with van der Waals surface area (Å²) < 4.78 is 31.2. The van der Waals surface area contributed by atoms with Crippen molar-refractivity contribution >= 4 is 21.4 Å². The van der Waals surface area contributed by atoms with Gasteiger partial charge in [0.25, 0.3) is 0 Å². The van der Waals surface area contributed by atoms with Gasteiger partial charge in [-0.25, -0.2) is 8.42 Å². The van der Waals surface area contributed by atoms with Crippen molar-refractivity contribution in [2.24, 2.45) is 5.92 Å². The quantitative estimate of drug-likeness (QED) is 0.876. The number of hydrogen-bond donors (Lipinski definition) is 1. The average Bonchev–Trinajstić information content (AvgIpc) is 2.46. The highest BCUT2D eigenvalue weighted by Crippen LogP contribution is 2.25. The lowest BCUT2D eigenvalue weighted by molar-refractivity contribution is 0.217. The van der Waals surface area contributed by atoms with Crippen LogP contribution in [0.3, 0.4) is 0 Å². The monoisotopic (exact) mass is 312 g/mol. The zero-order valence-electron chi connectivity index (χ0n) is 12.7. The van der Waals surface area contributed by atoms with Gasteiger partial charge in [-0.05, 0) is 37.0 Å². The highest BCUT2D eigenvalue weighted by atomic mass is 32.2. The Hall–Kier alpha value is -1.27. The molecule has 1 fully saturated rings. The molecule has 1 heterocycles. The Morgan fingerprint density at radius 1 is 1.33 bits per heavy atom. The number of methoxy groups -OCH3 is 1. The van der Waals surface area contributed by atoms with Gasteiger partial charge >= 0.3 is 0 Å². The first kappa shape index (κ1) is 16.1. The number of hydrogen-bond acceptors (Lipinski definition) is 4. The van der Waals surface area contributed by atoms with Crippen LogP contribution in [-0.2, 0) is 14.8 Å². The topological polar surface area (TPSA) is 58.6 Å². The molecule has 0 radical (unpaired) electrons. The van der Waals surface area contributed by atoms with E-state index in [1.54, 1.807) is 6.07 Å². The molecule has 0 aliphatic carbocycles. The molecule has 0 atom stereocenters. The van der Waals surface area contributed by atoms with Gasteiger partial charge in [-0.2, -0.15) is 0 Å². The Morgan fingerprint density at radius 3 is 2.71 bits per heavy atom. The number of nitrogens with one attached hydrogen (secondary N) is 1. The highest BCUT2D eigenvalue weighted by molar-refractivity contribution is 7.92. The molecule has 0 unspecified atom stereocenters. The van der Waals surface area contributed by atoms with Crippen LogP contribution in [0.15, 0.2) is 24.3 Å². The fourth-order valence-electron chi connectivity index (χ4n) is 2.46. The second kappa shape index (κ2) is 7.13. The van der Waals surface area contributed by atoms with Crippen LogP contribution in [0.1, 0.15) is 19.8 Å². The van der Waals surface area contributed by atoms with Gasteiger partial charge in [0.05, 0.1) is 18.0 Å². The molecular weight excluding hydrogens is 288 g/mol. The Labute approximate surface area is 127 Å². The lowest BCUT2D eigenvalue weighted by atomic mass is 9.99. The van der Waals surface area contributed by atoms with Crippen LogP contribution in [0, 0.1) is 5.92 Å². The molecule has 1 aromatic carbocycles. The summed E-state index contributed by atoms with van der Waals surface area (Å²) >= 11 is 0. The normalized spacial score (nSPS) is 17.0. The summed E-state index contributed by atoms with van der Waals surface area (Å²) in [5.41, 5.74) is 1.69. The van der Waals surface area contributed by atoms with Gasteiger partial charge in [0.1, 0.15) is 0 Å². The van der Waals surface area contributed by atoms with Crippen LogP contribution in [0.4, 0.5) is 11.4 Å². The molecule has 1 aliphatic heterocycles. The van der Waals surface area contributed by atoms with E-state index >= 15 is 0 Å². The number of anilines is 2. The largest absolute Gasteiger partial charge is 0.384 e. The number of ether oxygens (including phenoxy) is 1. The first-order valence-electron chi connectivity index (χ1n) is 7.34. The molecule has 1 aromatic rings. The van der Waals surface area contributed by atoms with E-state index in [0.29, 0.717) is 5.69 Å². The zero-order valence-corrected chi connectivity index (χ0v) is 13.5. The van der Waals surface area contributed by atoms with Gasteiger partial charge in [-0.15, -0.1) is 0 Å². The lowest BCUT2D eigenvalue weighted by Gasteiger charge is -2.32. The number of sulfonamides is 1. The molecule has 1 N–H and O–H groups in total. The summed E-state index contributed by atoms with van der Waals surface area (Å²) in [6, 6.07) is 7.60. The molecule has 21 heavy (non-hydrogen) atoms. The third-order valence-corrected chi connectivity index (χ3v) is 5.08. The van der Waals surface area contributed by atoms with Crippen LogP contribution in [0.5, 0.6) is 0 Å². The smallest absolute Gasteiger partial charge is 0.235 e. The summed E-state index contributed by atoms with van der Waals surface area (Å²) in [5.74, 6) is 0.742. The Morgan fingerprint density at radius 2 is 2.05 bits per heavy atom. The summed E-state index contributed by atoms with van der Waals surface area (Å²) in [6.45, 7) is 4.53. The van der Waals surface area contributed by atoms with E-state index in [1.807, 2.05) is 18.2 Å². The van der Waals surface area contributed by atoms with E-state index in [9.17, 15) is 8.42 Å². The van der Waals surface area contributed by atoms with Gasteiger partial charge in [0, 0.05) is 25.9 Å². The molecule has 6 heteroatoms. The summed E-state index contributed by atoms with van der Waals surface area (Å²) in [7, 11) is -1.85. The molecule has 0 spiro atoms. The minimum Gasteiger partial charge on any atom is -0.384 e. The van der Waals surface area contributed by atoms with Crippen molar-refractivity contribution in [2.45, 2.75) is 19.8 Å². The molecule has 2 rings (SSSR count). The molecule has 0 amide bonds. The maximum Gasteiger partial charge on any atom is 0.235 e. The molecule has 0 bridgehead atoms. The molecule has 5 nitrogen and oxygen atoms in total. The Kier molecular flexibility index (Phi) is 5.47. The van der Waals surface area contributed by atoms with E-state index in [-0.39, 0.29) is 12.4 Å². The Bertz CT molecular complexity index is 552. The predicted octanol–water partition coefficient (Wildman–Crippen LogP) is 2.31. The van der Waals surface area contributed by atoms with Crippen LogP contribution in [0.2, 0.25) is 0 Å². The van der Waals surface area contributed by atoms with Crippen molar-refractivity contribution in [3.05, 3.63) is 24.3 Å². The molecule has 0 aromatic heterocycles. The molecule has 1 aliphatic rings. The van der Waals surface area contributed by atoms with Crippen molar-refractivity contribution in [1.29, 1.82) is 0 Å². The van der Waals surface area contributed by atoms with Gasteiger partial charge < -0.3 is 9.64 Å². The first-order chi connectivity index (χ1) is 10.00. The van der Waals surface area contributed by atoms with Gasteiger partial charge in [-0.3, -0.25) is 4.72 Å². The minimum atomic E-state index is -3.35.